The Hall–Kier alpha value is -2.75. The zero-order chi connectivity index (χ0) is 21.4. The molecule has 9 nitrogen and oxygen atoms in total. The molecule has 30 heavy (non-hydrogen) atoms. The molecule has 1 aromatic heterocycles. The number of hydrogen-bond donors (Lipinski definition) is 0. The van der Waals surface area contributed by atoms with Gasteiger partial charge in [0, 0.05) is 44.8 Å². The molecule has 1 unspecified atom stereocenters. The van der Waals surface area contributed by atoms with E-state index in [0.717, 1.165) is 0 Å². The summed E-state index contributed by atoms with van der Waals surface area (Å²) in [4.78, 5) is 46.1. The number of benzene rings is 1. The molecule has 1 saturated heterocycles. The normalized spacial score (nSPS) is 18.8. The molecule has 2 aliphatic heterocycles. The van der Waals surface area contributed by atoms with Crippen LogP contribution in [0.5, 0.6) is 11.5 Å². The summed E-state index contributed by atoms with van der Waals surface area (Å²) in [7, 11) is 3.06. The van der Waals surface area contributed by atoms with Gasteiger partial charge in [-0.2, -0.15) is 0 Å². The Morgan fingerprint density at radius 2 is 1.87 bits per heavy atom. The maximum atomic E-state index is 13.1. The number of fused-ring (bicyclic) bond motifs is 2. The number of carbonyl (C=O) groups excluding carboxylic acids is 2. The lowest BCUT2D eigenvalue weighted by molar-refractivity contribution is -0.142. The Labute approximate surface area is 177 Å². The first-order chi connectivity index (χ1) is 14.4. The second-order valence-corrected chi connectivity index (χ2v) is 8.29. The van der Waals surface area contributed by atoms with Crippen molar-refractivity contribution >= 4 is 34.5 Å². The number of amides is 2. The van der Waals surface area contributed by atoms with Crippen LogP contribution in [0, 0.1) is 0 Å². The molecular weight excluding hydrogens is 408 g/mol. The van der Waals surface area contributed by atoms with E-state index in [1.54, 1.807) is 38.3 Å². The minimum atomic E-state index is -0.439. The van der Waals surface area contributed by atoms with Crippen LogP contribution in [0.2, 0.25) is 0 Å². The van der Waals surface area contributed by atoms with E-state index >= 15 is 0 Å². The van der Waals surface area contributed by atoms with E-state index in [0.29, 0.717) is 65.9 Å². The third kappa shape index (κ3) is 3.49. The highest BCUT2D eigenvalue weighted by atomic mass is 32.2. The predicted molar refractivity (Wildman–Crippen MR) is 113 cm³/mol. The second kappa shape index (κ2) is 8.17. The highest BCUT2D eigenvalue weighted by Gasteiger charge is 2.36. The monoisotopic (exact) mass is 432 g/mol. The Morgan fingerprint density at radius 3 is 2.57 bits per heavy atom. The molecule has 2 aromatic rings. The van der Waals surface area contributed by atoms with Gasteiger partial charge in [-0.15, -0.1) is 11.8 Å². The van der Waals surface area contributed by atoms with Crippen molar-refractivity contribution in [3.05, 3.63) is 28.3 Å². The molecular formula is C20H24N4O5S. The molecule has 4 rings (SSSR count). The number of thioether (sulfide) groups is 1. The maximum absolute atomic E-state index is 13.1. The van der Waals surface area contributed by atoms with Crippen LogP contribution in [0.1, 0.15) is 12.7 Å². The fraction of sp³-hybridized carbons (Fsp3) is 0.500. The highest BCUT2D eigenvalue weighted by molar-refractivity contribution is 7.99. The Kier molecular flexibility index (Phi) is 5.59. The largest absolute Gasteiger partial charge is 0.493 e. The minimum Gasteiger partial charge on any atom is -0.493 e. The summed E-state index contributed by atoms with van der Waals surface area (Å²) in [6, 6.07) is 2.90. The Morgan fingerprint density at radius 1 is 1.13 bits per heavy atom. The smallest absolute Gasteiger partial charge is 0.261 e. The number of aromatic nitrogens is 2. The summed E-state index contributed by atoms with van der Waals surface area (Å²) < 4.78 is 12.3. The molecule has 160 valence electrons. The Bertz CT molecular complexity index is 1070. The van der Waals surface area contributed by atoms with Crippen LogP contribution in [-0.2, 0) is 22.6 Å². The van der Waals surface area contributed by atoms with Crippen molar-refractivity contribution < 1.29 is 19.1 Å². The average molecular weight is 433 g/mol. The van der Waals surface area contributed by atoms with Crippen LogP contribution in [-0.4, -0.2) is 76.1 Å². The molecule has 0 saturated carbocycles. The topological polar surface area (TPSA) is 94.0 Å². The van der Waals surface area contributed by atoms with Gasteiger partial charge in [-0.1, -0.05) is 0 Å². The predicted octanol–water partition coefficient (Wildman–Crippen LogP) is 0.720. The summed E-state index contributed by atoms with van der Waals surface area (Å²) in [5, 5.41) is 0.450. The lowest BCUT2D eigenvalue weighted by atomic mass is 10.2. The SMILES string of the molecule is COc1cc2nc3n(c(=O)c2cc1OC)CCN(C(=O)C1CSCN1C(C)=O)CC3. The van der Waals surface area contributed by atoms with E-state index in [1.807, 2.05) is 0 Å². The molecule has 0 aliphatic carbocycles. The maximum Gasteiger partial charge on any atom is 0.261 e. The van der Waals surface area contributed by atoms with E-state index < -0.39 is 6.04 Å². The summed E-state index contributed by atoms with van der Waals surface area (Å²) in [5.74, 6) is 2.60. The van der Waals surface area contributed by atoms with Crippen molar-refractivity contribution in [2.24, 2.45) is 0 Å². The molecule has 2 amide bonds. The standard InChI is InChI=1S/C20H24N4O5S/c1-12(25)24-11-30-10-15(24)20(27)22-5-4-18-21-14-9-17(29-3)16(28-2)8-13(14)19(26)23(18)7-6-22/h8-9,15H,4-7,10-11H2,1-3H3. The first-order valence-electron chi connectivity index (χ1n) is 9.73. The first kappa shape index (κ1) is 20.5. The van der Waals surface area contributed by atoms with Gasteiger partial charge < -0.3 is 19.3 Å². The molecule has 0 bridgehead atoms. The van der Waals surface area contributed by atoms with Crippen LogP contribution in [0.15, 0.2) is 16.9 Å². The molecule has 0 N–H and O–H groups in total. The Balaban J connectivity index is 1.64. The molecule has 0 spiro atoms. The van der Waals surface area contributed by atoms with Crippen LogP contribution in [0.4, 0.5) is 0 Å². The number of methoxy groups -OCH3 is 2. The van der Waals surface area contributed by atoms with Crippen LogP contribution in [0.3, 0.4) is 0 Å². The van der Waals surface area contributed by atoms with Crippen LogP contribution < -0.4 is 15.0 Å². The van der Waals surface area contributed by atoms with Crippen molar-refractivity contribution in [1.29, 1.82) is 0 Å². The quantitative estimate of drug-likeness (QED) is 0.705. The van der Waals surface area contributed by atoms with E-state index in [2.05, 4.69) is 4.98 Å². The summed E-state index contributed by atoms with van der Waals surface area (Å²) in [5.41, 5.74) is 0.380. The number of hydrogen-bond acceptors (Lipinski definition) is 7. The minimum absolute atomic E-state index is 0.0658. The molecule has 10 heteroatoms. The number of carbonyl (C=O) groups is 2. The third-order valence-electron chi connectivity index (χ3n) is 5.62. The number of rotatable bonds is 3. The van der Waals surface area contributed by atoms with Gasteiger partial charge in [-0.05, 0) is 6.07 Å². The van der Waals surface area contributed by atoms with Gasteiger partial charge in [0.25, 0.3) is 5.56 Å². The third-order valence-corrected chi connectivity index (χ3v) is 6.63. The first-order valence-corrected chi connectivity index (χ1v) is 10.9. The van der Waals surface area contributed by atoms with Crippen LogP contribution in [0.25, 0.3) is 10.9 Å². The number of ether oxygens (including phenoxy) is 2. The lowest BCUT2D eigenvalue weighted by Gasteiger charge is -2.28. The molecule has 1 fully saturated rings. The van der Waals surface area contributed by atoms with E-state index in [-0.39, 0.29) is 17.4 Å². The van der Waals surface area contributed by atoms with Crippen molar-refractivity contribution in [3.63, 3.8) is 0 Å². The van der Waals surface area contributed by atoms with Gasteiger partial charge in [0.15, 0.2) is 11.5 Å². The molecule has 3 heterocycles. The summed E-state index contributed by atoms with van der Waals surface area (Å²) >= 11 is 1.58. The van der Waals surface area contributed by atoms with Gasteiger partial charge in [0.05, 0.1) is 31.0 Å². The number of nitrogens with zero attached hydrogens (tertiary/aromatic N) is 4. The van der Waals surface area contributed by atoms with E-state index in [4.69, 9.17) is 9.47 Å². The summed E-state index contributed by atoms with van der Waals surface area (Å²) in [6.07, 6.45) is 0.463. The van der Waals surface area contributed by atoms with E-state index in [1.165, 1.54) is 21.1 Å². The van der Waals surface area contributed by atoms with Crippen molar-refractivity contribution in [3.8, 4) is 11.5 Å². The highest BCUT2D eigenvalue weighted by Crippen LogP contribution is 2.30. The fourth-order valence-corrected chi connectivity index (χ4v) is 5.18. The summed E-state index contributed by atoms with van der Waals surface area (Å²) in [6.45, 7) is 2.70. The molecule has 2 aliphatic rings. The van der Waals surface area contributed by atoms with Crippen molar-refractivity contribution in [2.45, 2.75) is 25.9 Å². The van der Waals surface area contributed by atoms with E-state index in [9.17, 15) is 14.4 Å². The zero-order valence-corrected chi connectivity index (χ0v) is 18.0. The van der Waals surface area contributed by atoms with Crippen molar-refractivity contribution in [2.75, 3.05) is 38.9 Å². The molecule has 0 radical (unpaired) electrons. The van der Waals surface area contributed by atoms with Gasteiger partial charge in [0.2, 0.25) is 11.8 Å². The van der Waals surface area contributed by atoms with Gasteiger partial charge in [-0.25, -0.2) is 4.98 Å². The van der Waals surface area contributed by atoms with Gasteiger partial charge >= 0.3 is 0 Å². The van der Waals surface area contributed by atoms with Crippen molar-refractivity contribution in [1.82, 2.24) is 19.4 Å². The average Bonchev–Trinajstić information content (AvgIpc) is 3.14. The zero-order valence-electron chi connectivity index (χ0n) is 17.2. The fourth-order valence-electron chi connectivity index (χ4n) is 3.97. The van der Waals surface area contributed by atoms with Gasteiger partial charge in [-0.3, -0.25) is 19.0 Å². The molecule has 1 atom stereocenters. The van der Waals surface area contributed by atoms with Crippen LogP contribution >= 0.6 is 11.8 Å². The molecule has 1 aromatic carbocycles. The van der Waals surface area contributed by atoms with Gasteiger partial charge in [0.1, 0.15) is 11.9 Å². The second-order valence-electron chi connectivity index (χ2n) is 7.29. The lowest BCUT2D eigenvalue weighted by Crippen LogP contribution is -2.49.